The maximum Gasteiger partial charge on any atom is 0.356 e. The summed E-state index contributed by atoms with van der Waals surface area (Å²) in [6, 6.07) is 17.1. The highest BCUT2D eigenvalue weighted by molar-refractivity contribution is 5.73. The first-order valence-electron chi connectivity index (χ1n) is 6.31. The lowest BCUT2D eigenvalue weighted by atomic mass is 10.3. The Balaban J connectivity index is 2.14. The highest BCUT2D eigenvalue weighted by Crippen LogP contribution is 2.10. The van der Waals surface area contributed by atoms with Gasteiger partial charge in [0.25, 0.3) is 0 Å². The monoisotopic (exact) mass is 263 g/mol. The van der Waals surface area contributed by atoms with Crippen LogP contribution in [0.5, 0.6) is 0 Å². The Morgan fingerprint density at radius 2 is 1.70 bits per heavy atom. The summed E-state index contributed by atoms with van der Waals surface area (Å²) in [4.78, 5) is 15.7. The molecule has 0 aliphatic rings. The number of H-pyrrole nitrogens is 1. The van der Waals surface area contributed by atoms with Crippen molar-refractivity contribution in [2.24, 2.45) is 0 Å². The zero-order valence-corrected chi connectivity index (χ0v) is 10.5. The van der Waals surface area contributed by atoms with E-state index >= 15 is 0 Å². The first-order valence-corrected chi connectivity index (χ1v) is 6.31. The second-order valence-corrected chi connectivity index (χ2v) is 4.53. The fraction of sp³-hybridized carbons (Fsp3) is 0. The number of nitrogens with zero attached hydrogens (tertiary/aromatic N) is 3. The third-order valence-electron chi connectivity index (χ3n) is 3.31. The van der Waals surface area contributed by atoms with Crippen LogP contribution in [0, 0.1) is 0 Å². The Morgan fingerprint density at radius 3 is 2.55 bits per heavy atom. The minimum absolute atomic E-state index is 0.170. The molecule has 20 heavy (non-hydrogen) atoms. The van der Waals surface area contributed by atoms with E-state index in [9.17, 15) is 4.79 Å². The van der Waals surface area contributed by atoms with Crippen molar-refractivity contribution in [3.63, 3.8) is 0 Å². The molecule has 0 bridgehead atoms. The quantitative estimate of drug-likeness (QED) is 0.522. The van der Waals surface area contributed by atoms with Gasteiger partial charge in [-0.2, -0.15) is 4.68 Å². The third kappa shape index (κ3) is 1.46. The van der Waals surface area contributed by atoms with E-state index in [2.05, 4.69) is 10.1 Å². The van der Waals surface area contributed by atoms with Crippen molar-refractivity contribution < 1.29 is 4.98 Å². The summed E-state index contributed by atoms with van der Waals surface area (Å²) in [5.74, 6) is 0. The van der Waals surface area contributed by atoms with E-state index in [1.54, 1.807) is 10.6 Å². The standard InChI is InChI=1S/C15H10N4O/c20-15-18-13-9-5-4-8-12(13)16-10-14(18)17-19(15)11-6-2-1-3-7-11/h1-10H/p+1. The maximum atomic E-state index is 12.6. The number of hydrogen-bond acceptors (Lipinski definition) is 2. The number of benzene rings is 2. The minimum Gasteiger partial charge on any atom is -0.245 e. The molecule has 2 aromatic heterocycles. The Bertz CT molecular complexity index is 969. The molecule has 96 valence electrons. The van der Waals surface area contributed by atoms with Crippen LogP contribution in [0.1, 0.15) is 0 Å². The molecule has 0 spiro atoms. The lowest BCUT2D eigenvalue weighted by Gasteiger charge is -1.96. The second kappa shape index (κ2) is 4.03. The van der Waals surface area contributed by atoms with Crippen LogP contribution in [-0.2, 0) is 0 Å². The molecule has 4 aromatic rings. The molecule has 0 amide bonds. The molecular formula is C15H11N4O+. The lowest BCUT2D eigenvalue weighted by Crippen LogP contribution is -2.20. The van der Waals surface area contributed by atoms with E-state index in [4.69, 9.17) is 0 Å². The van der Waals surface area contributed by atoms with Gasteiger partial charge in [-0.15, -0.1) is 5.10 Å². The molecule has 4 rings (SSSR count). The van der Waals surface area contributed by atoms with E-state index in [0.29, 0.717) is 5.65 Å². The van der Waals surface area contributed by atoms with E-state index in [1.807, 2.05) is 54.6 Å². The molecule has 0 saturated heterocycles. The zero-order valence-electron chi connectivity index (χ0n) is 10.5. The number of hydrogen-bond donors (Lipinski definition) is 0. The normalized spacial score (nSPS) is 11.2. The van der Waals surface area contributed by atoms with Crippen LogP contribution in [0.4, 0.5) is 0 Å². The summed E-state index contributed by atoms with van der Waals surface area (Å²) in [6.07, 6.45) is 1.74. The van der Waals surface area contributed by atoms with Gasteiger partial charge in [0.05, 0.1) is 5.69 Å². The molecule has 5 heteroatoms. The largest absolute Gasteiger partial charge is 0.356 e. The van der Waals surface area contributed by atoms with Crippen molar-refractivity contribution in [1.29, 1.82) is 0 Å². The number of aromatic nitrogens is 4. The predicted molar refractivity (Wildman–Crippen MR) is 74.9 cm³/mol. The maximum absolute atomic E-state index is 12.6. The van der Waals surface area contributed by atoms with Gasteiger partial charge in [-0.3, -0.25) is 0 Å². The summed E-state index contributed by atoms with van der Waals surface area (Å²) in [7, 11) is 0. The number of para-hydroxylation sites is 3. The molecule has 5 nitrogen and oxygen atoms in total. The molecular weight excluding hydrogens is 252 g/mol. The number of rotatable bonds is 1. The van der Waals surface area contributed by atoms with Crippen molar-refractivity contribution >= 4 is 16.7 Å². The van der Waals surface area contributed by atoms with E-state index < -0.39 is 0 Å². The van der Waals surface area contributed by atoms with Crippen LogP contribution in [0.3, 0.4) is 0 Å². The summed E-state index contributed by atoms with van der Waals surface area (Å²) in [5.41, 5.74) is 2.89. The Morgan fingerprint density at radius 1 is 0.950 bits per heavy atom. The van der Waals surface area contributed by atoms with E-state index in [0.717, 1.165) is 16.7 Å². The lowest BCUT2D eigenvalue weighted by molar-refractivity contribution is -0.343. The zero-order chi connectivity index (χ0) is 13.5. The predicted octanol–water partition coefficient (Wildman–Crippen LogP) is 1.45. The SMILES string of the molecule is O=c1n(-c2ccccc2)nc2c[nH+]c3ccccc3n12. The van der Waals surface area contributed by atoms with Gasteiger partial charge < -0.3 is 0 Å². The number of fused-ring (bicyclic) bond motifs is 3. The third-order valence-corrected chi connectivity index (χ3v) is 3.31. The molecule has 0 aliphatic heterocycles. The van der Waals surface area contributed by atoms with Gasteiger partial charge in [-0.05, 0) is 18.2 Å². The molecule has 0 atom stereocenters. The molecule has 0 radical (unpaired) electrons. The van der Waals surface area contributed by atoms with Gasteiger partial charge >= 0.3 is 5.69 Å². The average Bonchev–Trinajstić information content (AvgIpc) is 2.86. The molecule has 0 aliphatic carbocycles. The Labute approximate surface area is 113 Å². The van der Waals surface area contributed by atoms with Crippen LogP contribution >= 0.6 is 0 Å². The first kappa shape index (κ1) is 10.9. The molecule has 2 heterocycles. The smallest absolute Gasteiger partial charge is 0.245 e. The van der Waals surface area contributed by atoms with Crippen LogP contribution in [0.15, 0.2) is 65.6 Å². The van der Waals surface area contributed by atoms with Crippen molar-refractivity contribution in [1.82, 2.24) is 14.2 Å². The van der Waals surface area contributed by atoms with Crippen molar-refractivity contribution in [2.75, 3.05) is 0 Å². The molecule has 2 aromatic carbocycles. The highest BCUT2D eigenvalue weighted by Gasteiger charge is 2.14. The van der Waals surface area contributed by atoms with Gasteiger partial charge in [0, 0.05) is 6.07 Å². The Kier molecular flexibility index (Phi) is 2.20. The van der Waals surface area contributed by atoms with E-state index in [-0.39, 0.29) is 5.69 Å². The van der Waals surface area contributed by atoms with Crippen LogP contribution in [0.2, 0.25) is 0 Å². The van der Waals surface area contributed by atoms with Gasteiger partial charge in [0.15, 0.2) is 0 Å². The number of aromatic amines is 1. The molecule has 0 fully saturated rings. The van der Waals surface area contributed by atoms with Crippen molar-refractivity contribution in [2.45, 2.75) is 0 Å². The van der Waals surface area contributed by atoms with Crippen LogP contribution in [0.25, 0.3) is 22.4 Å². The summed E-state index contributed by atoms with van der Waals surface area (Å²) in [5, 5.41) is 4.37. The average molecular weight is 263 g/mol. The number of nitrogens with one attached hydrogen (secondary N) is 1. The fourth-order valence-corrected chi connectivity index (χ4v) is 2.37. The summed E-state index contributed by atoms with van der Waals surface area (Å²) in [6.45, 7) is 0. The van der Waals surface area contributed by atoms with E-state index in [1.165, 1.54) is 4.68 Å². The molecule has 0 unspecified atom stereocenters. The summed E-state index contributed by atoms with van der Waals surface area (Å²) >= 11 is 0. The fourth-order valence-electron chi connectivity index (χ4n) is 2.37. The Hall–Kier alpha value is -2.95. The van der Waals surface area contributed by atoms with Gasteiger partial charge in [-0.1, -0.05) is 30.3 Å². The topological polar surface area (TPSA) is 53.4 Å². The molecule has 0 saturated carbocycles. The van der Waals surface area contributed by atoms with Crippen molar-refractivity contribution in [3.8, 4) is 5.69 Å². The van der Waals surface area contributed by atoms with Crippen molar-refractivity contribution in [3.05, 3.63) is 71.3 Å². The van der Waals surface area contributed by atoms with Gasteiger partial charge in [-0.25, -0.2) is 14.2 Å². The van der Waals surface area contributed by atoms with Crippen LogP contribution < -0.4 is 10.7 Å². The molecule has 1 N–H and O–H groups in total. The highest BCUT2D eigenvalue weighted by atomic mass is 16.2. The summed E-state index contributed by atoms with van der Waals surface area (Å²) < 4.78 is 3.02. The van der Waals surface area contributed by atoms with Crippen LogP contribution in [-0.4, -0.2) is 14.2 Å². The minimum atomic E-state index is -0.170. The first-order chi connectivity index (χ1) is 9.84. The second-order valence-electron chi connectivity index (χ2n) is 4.53. The van der Waals surface area contributed by atoms with Gasteiger partial charge in [0.2, 0.25) is 17.4 Å². The van der Waals surface area contributed by atoms with Gasteiger partial charge in [0.1, 0.15) is 5.52 Å².